The van der Waals surface area contributed by atoms with Crippen LogP contribution < -0.4 is 0 Å². The molecule has 0 saturated heterocycles. The molecular weight excluding hydrogens is 340 g/mol. The fourth-order valence-electron chi connectivity index (χ4n) is 2.92. The molecule has 0 heterocycles. The molecule has 0 spiro atoms. The standard InChI is InChI=1S/C23H44O4/c1-5-7-8-9-10-11-12-16-19-26-22(24)17-14-13-15-18-23(25)27-21(4)20(3)6-2/h20-21H,5-19H2,1-4H3. The number of carbonyl (C=O) groups is 2. The van der Waals surface area contributed by atoms with Gasteiger partial charge in [0.15, 0.2) is 0 Å². The van der Waals surface area contributed by atoms with Crippen LogP contribution in [0.1, 0.15) is 118 Å². The van der Waals surface area contributed by atoms with Gasteiger partial charge in [-0.15, -0.1) is 0 Å². The normalized spacial score (nSPS) is 13.2. The fourth-order valence-corrected chi connectivity index (χ4v) is 2.92. The minimum atomic E-state index is -0.125. The van der Waals surface area contributed by atoms with Crippen molar-refractivity contribution in [2.45, 2.75) is 124 Å². The van der Waals surface area contributed by atoms with E-state index in [9.17, 15) is 9.59 Å². The zero-order valence-corrected chi connectivity index (χ0v) is 18.4. The zero-order chi connectivity index (χ0) is 20.3. The van der Waals surface area contributed by atoms with E-state index in [1.54, 1.807) is 0 Å². The molecule has 160 valence electrons. The lowest BCUT2D eigenvalue weighted by molar-refractivity contribution is -0.150. The molecule has 0 aliphatic heterocycles. The Morgan fingerprint density at radius 2 is 1.22 bits per heavy atom. The lowest BCUT2D eigenvalue weighted by Gasteiger charge is -2.18. The van der Waals surface area contributed by atoms with E-state index < -0.39 is 0 Å². The van der Waals surface area contributed by atoms with Gasteiger partial charge in [-0.25, -0.2) is 0 Å². The average Bonchev–Trinajstić information content (AvgIpc) is 2.65. The summed E-state index contributed by atoms with van der Waals surface area (Å²) in [4.78, 5) is 23.4. The molecule has 2 unspecified atom stereocenters. The van der Waals surface area contributed by atoms with Gasteiger partial charge in [-0.3, -0.25) is 9.59 Å². The van der Waals surface area contributed by atoms with Crippen LogP contribution in [-0.2, 0) is 19.1 Å². The summed E-state index contributed by atoms with van der Waals surface area (Å²) in [6.07, 6.45) is 14.3. The number of carbonyl (C=O) groups excluding carboxylic acids is 2. The first-order chi connectivity index (χ1) is 13.0. The number of hydrogen-bond donors (Lipinski definition) is 0. The predicted octanol–water partition coefficient (Wildman–Crippen LogP) is 6.60. The molecule has 0 aromatic carbocycles. The van der Waals surface area contributed by atoms with Crippen molar-refractivity contribution in [3.05, 3.63) is 0 Å². The van der Waals surface area contributed by atoms with E-state index in [0.717, 1.165) is 38.5 Å². The molecule has 4 nitrogen and oxygen atoms in total. The Balaban J connectivity index is 3.42. The average molecular weight is 385 g/mol. The summed E-state index contributed by atoms with van der Waals surface area (Å²) < 4.78 is 10.7. The summed E-state index contributed by atoms with van der Waals surface area (Å²) >= 11 is 0. The molecule has 0 aromatic rings. The van der Waals surface area contributed by atoms with Crippen LogP contribution in [0.25, 0.3) is 0 Å². The van der Waals surface area contributed by atoms with Crippen LogP contribution in [0.15, 0.2) is 0 Å². The molecule has 0 fully saturated rings. The van der Waals surface area contributed by atoms with Crippen molar-refractivity contribution in [3.8, 4) is 0 Å². The minimum absolute atomic E-state index is 0.0196. The van der Waals surface area contributed by atoms with Crippen molar-refractivity contribution in [1.29, 1.82) is 0 Å². The van der Waals surface area contributed by atoms with Crippen molar-refractivity contribution in [2.24, 2.45) is 5.92 Å². The van der Waals surface area contributed by atoms with Crippen LogP contribution >= 0.6 is 0 Å². The smallest absolute Gasteiger partial charge is 0.306 e. The quantitative estimate of drug-likeness (QED) is 0.197. The molecular formula is C23H44O4. The van der Waals surface area contributed by atoms with Crippen LogP contribution in [0.4, 0.5) is 0 Å². The second-order valence-electron chi connectivity index (χ2n) is 7.84. The van der Waals surface area contributed by atoms with Crippen LogP contribution in [-0.4, -0.2) is 24.6 Å². The number of rotatable bonds is 18. The van der Waals surface area contributed by atoms with E-state index in [2.05, 4.69) is 20.8 Å². The Kier molecular flexibility index (Phi) is 17.6. The third kappa shape index (κ3) is 16.8. The summed E-state index contributed by atoms with van der Waals surface area (Å²) in [5.41, 5.74) is 0. The van der Waals surface area contributed by atoms with Crippen LogP contribution in [0.5, 0.6) is 0 Å². The van der Waals surface area contributed by atoms with Gasteiger partial charge < -0.3 is 9.47 Å². The highest BCUT2D eigenvalue weighted by Gasteiger charge is 2.14. The molecule has 0 N–H and O–H groups in total. The topological polar surface area (TPSA) is 52.6 Å². The van der Waals surface area contributed by atoms with Crippen molar-refractivity contribution in [3.63, 3.8) is 0 Å². The molecule has 0 radical (unpaired) electrons. The van der Waals surface area contributed by atoms with Crippen LogP contribution in [0.3, 0.4) is 0 Å². The molecule has 0 bridgehead atoms. The summed E-state index contributed by atoms with van der Waals surface area (Å²) in [7, 11) is 0. The van der Waals surface area contributed by atoms with E-state index >= 15 is 0 Å². The molecule has 0 amide bonds. The number of unbranched alkanes of at least 4 members (excludes halogenated alkanes) is 9. The highest BCUT2D eigenvalue weighted by atomic mass is 16.5. The molecule has 0 aliphatic carbocycles. The maximum atomic E-state index is 11.8. The lowest BCUT2D eigenvalue weighted by atomic mass is 10.0. The van der Waals surface area contributed by atoms with Gasteiger partial charge in [0.1, 0.15) is 6.10 Å². The minimum Gasteiger partial charge on any atom is -0.466 e. The Labute approximate surface area is 167 Å². The Hall–Kier alpha value is -1.06. The van der Waals surface area contributed by atoms with E-state index in [0.29, 0.717) is 25.4 Å². The summed E-state index contributed by atoms with van der Waals surface area (Å²) in [5, 5.41) is 0. The monoisotopic (exact) mass is 384 g/mol. The largest absolute Gasteiger partial charge is 0.466 e. The van der Waals surface area contributed by atoms with Gasteiger partial charge in [0.25, 0.3) is 0 Å². The molecule has 0 aliphatic rings. The number of esters is 2. The molecule has 4 heteroatoms. The van der Waals surface area contributed by atoms with Crippen molar-refractivity contribution in [2.75, 3.05) is 6.61 Å². The Morgan fingerprint density at radius 3 is 1.81 bits per heavy atom. The number of ether oxygens (including phenoxy) is 2. The Morgan fingerprint density at radius 1 is 0.704 bits per heavy atom. The van der Waals surface area contributed by atoms with Gasteiger partial charge in [0, 0.05) is 12.8 Å². The van der Waals surface area contributed by atoms with E-state index in [1.165, 1.54) is 38.5 Å². The van der Waals surface area contributed by atoms with Gasteiger partial charge in [-0.1, -0.05) is 78.6 Å². The molecule has 0 saturated carbocycles. The third-order valence-corrected chi connectivity index (χ3v) is 5.29. The first kappa shape index (κ1) is 25.9. The van der Waals surface area contributed by atoms with Gasteiger partial charge in [0.2, 0.25) is 0 Å². The first-order valence-electron chi connectivity index (χ1n) is 11.4. The highest BCUT2D eigenvalue weighted by Crippen LogP contribution is 2.13. The second-order valence-corrected chi connectivity index (χ2v) is 7.84. The fraction of sp³-hybridized carbons (Fsp3) is 0.913. The van der Waals surface area contributed by atoms with E-state index in [4.69, 9.17) is 9.47 Å². The highest BCUT2D eigenvalue weighted by molar-refractivity contribution is 5.70. The van der Waals surface area contributed by atoms with Gasteiger partial charge in [-0.2, -0.15) is 0 Å². The molecule has 2 atom stereocenters. The summed E-state index contributed by atoms with van der Waals surface area (Å²) in [5.74, 6) is 0.163. The van der Waals surface area contributed by atoms with E-state index in [1.807, 2.05) is 6.92 Å². The Bertz CT molecular complexity index is 367. The maximum Gasteiger partial charge on any atom is 0.306 e. The lowest BCUT2D eigenvalue weighted by Crippen LogP contribution is -2.21. The van der Waals surface area contributed by atoms with Crippen molar-refractivity contribution < 1.29 is 19.1 Å². The predicted molar refractivity (Wildman–Crippen MR) is 112 cm³/mol. The van der Waals surface area contributed by atoms with E-state index in [-0.39, 0.29) is 18.0 Å². The number of hydrogen-bond acceptors (Lipinski definition) is 4. The molecule has 0 rings (SSSR count). The summed E-state index contributed by atoms with van der Waals surface area (Å²) in [6, 6.07) is 0. The molecule has 0 aromatic heterocycles. The van der Waals surface area contributed by atoms with Crippen molar-refractivity contribution >= 4 is 11.9 Å². The van der Waals surface area contributed by atoms with Crippen LogP contribution in [0.2, 0.25) is 0 Å². The van der Waals surface area contributed by atoms with Crippen molar-refractivity contribution in [1.82, 2.24) is 0 Å². The van der Waals surface area contributed by atoms with Gasteiger partial charge in [-0.05, 0) is 32.1 Å². The maximum absolute atomic E-state index is 11.8. The molecule has 27 heavy (non-hydrogen) atoms. The SMILES string of the molecule is CCCCCCCCCCOC(=O)CCCCCC(=O)OC(C)C(C)CC. The zero-order valence-electron chi connectivity index (χ0n) is 18.4. The first-order valence-corrected chi connectivity index (χ1v) is 11.4. The van der Waals surface area contributed by atoms with Crippen LogP contribution in [0, 0.1) is 5.92 Å². The summed E-state index contributed by atoms with van der Waals surface area (Å²) in [6.45, 7) is 8.93. The van der Waals surface area contributed by atoms with Gasteiger partial charge in [0.05, 0.1) is 6.61 Å². The van der Waals surface area contributed by atoms with Gasteiger partial charge >= 0.3 is 11.9 Å². The third-order valence-electron chi connectivity index (χ3n) is 5.29. The second kappa shape index (κ2) is 18.3.